The van der Waals surface area contributed by atoms with Crippen molar-refractivity contribution in [2.45, 2.75) is 13.0 Å². The van der Waals surface area contributed by atoms with Crippen LogP contribution in [0.3, 0.4) is 0 Å². The van der Waals surface area contributed by atoms with Crippen molar-refractivity contribution in [2.75, 3.05) is 21.3 Å². The first-order valence-corrected chi connectivity index (χ1v) is 7.02. The first kappa shape index (κ1) is 13.9. The van der Waals surface area contributed by atoms with Crippen molar-refractivity contribution in [1.82, 2.24) is 5.32 Å². The Balaban J connectivity index is 2.53. The molecule has 1 atom stereocenters. The number of rotatable bonds is 5. The fourth-order valence-corrected chi connectivity index (χ4v) is 2.99. The van der Waals surface area contributed by atoms with E-state index in [1.807, 2.05) is 25.2 Å². The average molecular weight is 277 g/mol. The van der Waals surface area contributed by atoms with Crippen LogP contribution in [0, 0.1) is 6.92 Å². The molecular weight excluding hydrogens is 258 g/mol. The van der Waals surface area contributed by atoms with Crippen LogP contribution in [0.25, 0.3) is 0 Å². The Labute approximate surface area is 118 Å². The van der Waals surface area contributed by atoms with Crippen molar-refractivity contribution in [2.24, 2.45) is 0 Å². The second-order valence-electron chi connectivity index (χ2n) is 4.29. The normalized spacial score (nSPS) is 12.2. The fraction of sp³-hybridized carbons (Fsp3) is 0.333. The van der Waals surface area contributed by atoms with Gasteiger partial charge in [0.05, 0.1) is 25.8 Å². The topological polar surface area (TPSA) is 30.5 Å². The Morgan fingerprint density at radius 1 is 1.16 bits per heavy atom. The number of aryl methyl sites for hydroxylation is 1. The molecule has 0 bridgehead atoms. The number of benzene rings is 1. The lowest BCUT2D eigenvalue weighted by Crippen LogP contribution is -2.18. The van der Waals surface area contributed by atoms with Crippen molar-refractivity contribution < 1.29 is 9.47 Å². The molecular formula is C15H19NO2S. The predicted molar refractivity (Wildman–Crippen MR) is 79.5 cm³/mol. The van der Waals surface area contributed by atoms with Gasteiger partial charge >= 0.3 is 0 Å². The molecule has 1 unspecified atom stereocenters. The second-order valence-corrected chi connectivity index (χ2v) is 5.40. The highest BCUT2D eigenvalue weighted by atomic mass is 32.1. The van der Waals surface area contributed by atoms with E-state index in [9.17, 15) is 0 Å². The summed E-state index contributed by atoms with van der Waals surface area (Å²) in [5, 5.41) is 5.51. The van der Waals surface area contributed by atoms with Gasteiger partial charge in [0, 0.05) is 4.88 Å². The van der Waals surface area contributed by atoms with Crippen LogP contribution in [0.15, 0.2) is 29.6 Å². The van der Waals surface area contributed by atoms with Gasteiger partial charge in [-0.1, -0.05) is 6.07 Å². The Kier molecular flexibility index (Phi) is 4.45. The quantitative estimate of drug-likeness (QED) is 0.909. The molecule has 0 radical (unpaired) electrons. The van der Waals surface area contributed by atoms with Gasteiger partial charge in [0.2, 0.25) is 0 Å². The lowest BCUT2D eigenvalue weighted by atomic mass is 9.99. The van der Waals surface area contributed by atoms with Gasteiger partial charge in [0.25, 0.3) is 0 Å². The summed E-state index contributed by atoms with van der Waals surface area (Å²) >= 11 is 1.75. The third-order valence-electron chi connectivity index (χ3n) is 3.13. The summed E-state index contributed by atoms with van der Waals surface area (Å²) in [4.78, 5) is 1.30. The van der Waals surface area contributed by atoms with Crippen LogP contribution in [-0.2, 0) is 0 Å². The number of hydrogen-bond donors (Lipinski definition) is 1. The summed E-state index contributed by atoms with van der Waals surface area (Å²) in [6, 6.07) is 8.11. The minimum Gasteiger partial charge on any atom is -0.496 e. The van der Waals surface area contributed by atoms with E-state index in [1.165, 1.54) is 10.4 Å². The van der Waals surface area contributed by atoms with Gasteiger partial charge in [0.1, 0.15) is 11.5 Å². The van der Waals surface area contributed by atoms with E-state index < -0.39 is 0 Å². The molecule has 4 heteroatoms. The number of methoxy groups -OCH3 is 2. The number of hydrogen-bond acceptors (Lipinski definition) is 4. The molecule has 2 aromatic rings. The molecule has 102 valence electrons. The van der Waals surface area contributed by atoms with Crippen LogP contribution in [0.1, 0.15) is 22.0 Å². The van der Waals surface area contributed by atoms with Crippen LogP contribution < -0.4 is 14.8 Å². The lowest BCUT2D eigenvalue weighted by molar-refractivity contribution is 0.379. The van der Waals surface area contributed by atoms with Gasteiger partial charge in [-0.05, 0) is 43.1 Å². The fourth-order valence-electron chi connectivity index (χ4n) is 2.26. The zero-order valence-electron chi connectivity index (χ0n) is 11.7. The standard InChI is InChI=1S/C15H19NO2S/c1-10-8-11(9-19-10)15(16-2)14-12(17-3)6-5-7-13(14)18-4/h5-9,15-16H,1-4H3. The van der Waals surface area contributed by atoms with Gasteiger partial charge in [-0.3, -0.25) is 0 Å². The Bertz CT molecular complexity index is 529. The molecule has 1 heterocycles. The largest absolute Gasteiger partial charge is 0.496 e. The molecule has 1 aromatic heterocycles. The van der Waals surface area contributed by atoms with E-state index in [2.05, 4.69) is 23.7 Å². The highest BCUT2D eigenvalue weighted by Crippen LogP contribution is 2.38. The van der Waals surface area contributed by atoms with Crippen LogP contribution in [0.2, 0.25) is 0 Å². The van der Waals surface area contributed by atoms with E-state index >= 15 is 0 Å². The minimum absolute atomic E-state index is 0.0658. The first-order valence-electron chi connectivity index (χ1n) is 6.14. The van der Waals surface area contributed by atoms with Gasteiger partial charge in [0.15, 0.2) is 0 Å². The molecule has 0 spiro atoms. The summed E-state index contributed by atoms with van der Waals surface area (Å²) in [5.74, 6) is 1.67. The maximum absolute atomic E-state index is 5.48. The molecule has 1 N–H and O–H groups in total. The molecule has 0 fully saturated rings. The lowest BCUT2D eigenvalue weighted by Gasteiger charge is -2.21. The molecule has 0 aliphatic rings. The van der Waals surface area contributed by atoms with Crippen LogP contribution in [0.4, 0.5) is 0 Å². The van der Waals surface area contributed by atoms with E-state index in [0.717, 1.165) is 17.1 Å². The zero-order chi connectivity index (χ0) is 13.8. The van der Waals surface area contributed by atoms with Crippen molar-refractivity contribution >= 4 is 11.3 Å². The SMILES string of the molecule is CNC(c1csc(C)c1)c1c(OC)cccc1OC. The monoisotopic (exact) mass is 277 g/mol. The van der Waals surface area contributed by atoms with E-state index in [1.54, 1.807) is 25.6 Å². The molecule has 0 saturated heterocycles. The predicted octanol–water partition coefficient (Wildman–Crippen LogP) is 3.38. The number of nitrogens with one attached hydrogen (secondary N) is 1. The van der Waals surface area contributed by atoms with Crippen LogP contribution in [0.5, 0.6) is 11.5 Å². The van der Waals surface area contributed by atoms with E-state index in [4.69, 9.17) is 9.47 Å². The summed E-state index contributed by atoms with van der Waals surface area (Å²) in [7, 11) is 5.32. The Morgan fingerprint density at radius 3 is 2.21 bits per heavy atom. The van der Waals surface area contributed by atoms with Crippen molar-refractivity contribution in [1.29, 1.82) is 0 Å². The average Bonchev–Trinajstić information content (AvgIpc) is 2.86. The van der Waals surface area contributed by atoms with Crippen LogP contribution >= 0.6 is 11.3 Å². The first-order chi connectivity index (χ1) is 9.21. The van der Waals surface area contributed by atoms with Crippen molar-refractivity contribution in [3.63, 3.8) is 0 Å². The number of thiophene rings is 1. The Morgan fingerprint density at radius 2 is 1.79 bits per heavy atom. The summed E-state index contributed by atoms with van der Waals surface area (Å²) in [6.07, 6.45) is 0. The van der Waals surface area contributed by atoms with E-state index in [0.29, 0.717) is 0 Å². The highest BCUT2D eigenvalue weighted by Gasteiger charge is 2.21. The van der Waals surface area contributed by atoms with Crippen LogP contribution in [-0.4, -0.2) is 21.3 Å². The van der Waals surface area contributed by atoms with Gasteiger partial charge < -0.3 is 14.8 Å². The molecule has 0 aliphatic heterocycles. The molecule has 0 aliphatic carbocycles. The smallest absolute Gasteiger partial charge is 0.127 e. The second kappa shape index (κ2) is 6.08. The van der Waals surface area contributed by atoms with E-state index in [-0.39, 0.29) is 6.04 Å². The maximum atomic E-state index is 5.48. The molecule has 2 rings (SSSR count). The zero-order valence-corrected chi connectivity index (χ0v) is 12.5. The third kappa shape index (κ3) is 2.74. The summed E-state index contributed by atoms with van der Waals surface area (Å²) < 4.78 is 11.0. The summed E-state index contributed by atoms with van der Waals surface area (Å²) in [5.41, 5.74) is 2.26. The third-order valence-corrected chi connectivity index (χ3v) is 4.01. The molecule has 0 amide bonds. The minimum atomic E-state index is 0.0658. The van der Waals surface area contributed by atoms with Crippen molar-refractivity contribution in [3.05, 3.63) is 45.6 Å². The van der Waals surface area contributed by atoms with Gasteiger partial charge in [-0.25, -0.2) is 0 Å². The molecule has 3 nitrogen and oxygen atoms in total. The highest BCUT2D eigenvalue weighted by molar-refractivity contribution is 7.10. The molecule has 1 aromatic carbocycles. The Hall–Kier alpha value is -1.52. The number of ether oxygens (including phenoxy) is 2. The maximum Gasteiger partial charge on any atom is 0.127 e. The molecule has 19 heavy (non-hydrogen) atoms. The van der Waals surface area contributed by atoms with Crippen molar-refractivity contribution in [3.8, 4) is 11.5 Å². The summed E-state index contributed by atoms with van der Waals surface area (Å²) in [6.45, 7) is 2.11. The van der Waals surface area contributed by atoms with Gasteiger partial charge in [-0.15, -0.1) is 11.3 Å². The van der Waals surface area contributed by atoms with Gasteiger partial charge in [-0.2, -0.15) is 0 Å². The molecule has 0 saturated carbocycles.